The number of rotatable bonds is 6. The second-order valence-corrected chi connectivity index (χ2v) is 6.49. The Balaban J connectivity index is 1.66. The van der Waals surface area contributed by atoms with Gasteiger partial charge in [-0.2, -0.15) is 0 Å². The predicted molar refractivity (Wildman–Crippen MR) is 109 cm³/mol. The zero-order valence-electron chi connectivity index (χ0n) is 15.7. The van der Waals surface area contributed by atoms with E-state index in [1.54, 1.807) is 37.6 Å². The molecule has 27 heavy (non-hydrogen) atoms. The quantitative estimate of drug-likeness (QED) is 0.633. The van der Waals surface area contributed by atoms with Crippen LogP contribution in [0.4, 0.5) is 17.2 Å². The molecule has 1 amide bonds. The number of para-hydroxylation sites is 2. The smallest absolute Gasteiger partial charge is 0.257 e. The van der Waals surface area contributed by atoms with Gasteiger partial charge in [0, 0.05) is 11.9 Å². The molecule has 0 saturated carbocycles. The molecule has 138 valence electrons. The van der Waals surface area contributed by atoms with Gasteiger partial charge in [-0.1, -0.05) is 38.1 Å². The van der Waals surface area contributed by atoms with Crippen molar-refractivity contribution in [1.82, 2.24) is 4.98 Å². The molecule has 3 rings (SSSR count). The Morgan fingerprint density at radius 3 is 2.37 bits per heavy atom. The SMILES string of the molecule is COc1ccccc1NC(=O)c1ccc(Nc2ccc(C(C)C)cc2)nc1. The predicted octanol–water partition coefficient (Wildman–Crippen LogP) is 5.21. The van der Waals surface area contributed by atoms with Gasteiger partial charge in [0.15, 0.2) is 0 Å². The van der Waals surface area contributed by atoms with Crippen LogP contribution in [0.2, 0.25) is 0 Å². The lowest BCUT2D eigenvalue weighted by molar-refractivity contribution is 0.102. The molecule has 5 heteroatoms. The summed E-state index contributed by atoms with van der Waals surface area (Å²) in [5, 5.41) is 6.08. The summed E-state index contributed by atoms with van der Waals surface area (Å²) in [6.45, 7) is 4.33. The number of methoxy groups -OCH3 is 1. The van der Waals surface area contributed by atoms with E-state index >= 15 is 0 Å². The van der Waals surface area contributed by atoms with Crippen LogP contribution in [0.3, 0.4) is 0 Å². The number of nitrogens with zero attached hydrogens (tertiary/aromatic N) is 1. The molecule has 0 aliphatic rings. The maximum absolute atomic E-state index is 12.4. The van der Waals surface area contributed by atoms with Gasteiger partial charge in [0.05, 0.1) is 18.4 Å². The van der Waals surface area contributed by atoms with Gasteiger partial charge >= 0.3 is 0 Å². The van der Waals surface area contributed by atoms with Crippen LogP contribution in [-0.2, 0) is 0 Å². The highest BCUT2D eigenvalue weighted by atomic mass is 16.5. The van der Waals surface area contributed by atoms with E-state index in [0.29, 0.717) is 28.7 Å². The number of amides is 1. The monoisotopic (exact) mass is 361 g/mol. The Morgan fingerprint density at radius 2 is 1.74 bits per heavy atom. The molecule has 0 radical (unpaired) electrons. The standard InChI is InChI=1S/C22H23N3O2/c1-15(2)16-8-11-18(12-9-16)24-21-13-10-17(14-23-21)22(26)25-19-6-4-5-7-20(19)27-3/h4-15H,1-3H3,(H,23,24)(H,25,26). The lowest BCUT2D eigenvalue weighted by Crippen LogP contribution is -2.13. The second-order valence-electron chi connectivity index (χ2n) is 6.49. The van der Waals surface area contributed by atoms with E-state index in [2.05, 4.69) is 41.6 Å². The largest absolute Gasteiger partial charge is 0.495 e. The first-order valence-electron chi connectivity index (χ1n) is 8.84. The molecular weight excluding hydrogens is 338 g/mol. The summed E-state index contributed by atoms with van der Waals surface area (Å²) >= 11 is 0. The first-order valence-corrected chi connectivity index (χ1v) is 8.84. The van der Waals surface area contributed by atoms with Gasteiger partial charge in [0.1, 0.15) is 11.6 Å². The van der Waals surface area contributed by atoms with Crippen molar-refractivity contribution < 1.29 is 9.53 Å². The van der Waals surface area contributed by atoms with Gasteiger partial charge in [-0.15, -0.1) is 0 Å². The van der Waals surface area contributed by atoms with E-state index in [1.165, 1.54) is 5.56 Å². The van der Waals surface area contributed by atoms with Gasteiger partial charge in [-0.3, -0.25) is 4.79 Å². The van der Waals surface area contributed by atoms with Crippen LogP contribution >= 0.6 is 0 Å². The topological polar surface area (TPSA) is 63.2 Å². The molecule has 0 unspecified atom stereocenters. The number of nitrogens with one attached hydrogen (secondary N) is 2. The molecule has 0 aliphatic carbocycles. The van der Waals surface area contributed by atoms with E-state index in [-0.39, 0.29) is 5.91 Å². The van der Waals surface area contributed by atoms with Crippen molar-refractivity contribution >= 4 is 23.1 Å². The van der Waals surface area contributed by atoms with E-state index in [0.717, 1.165) is 5.69 Å². The molecule has 2 aromatic carbocycles. The zero-order chi connectivity index (χ0) is 19.2. The summed E-state index contributed by atoms with van der Waals surface area (Å²) in [6, 6.07) is 19.1. The van der Waals surface area contributed by atoms with Gasteiger partial charge in [-0.05, 0) is 47.9 Å². The van der Waals surface area contributed by atoms with Crippen molar-refractivity contribution in [1.29, 1.82) is 0 Å². The molecule has 0 fully saturated rings. The summed E-state index contributed by atoms with van der Waals surface area (Å²) in [4.78, 5) is 16.8. The van der Waals surface area contributed by atoms with E-state index in [4.69, 9.17) is 4.74 Å². The molecule has 0 atom stereocenters. The maximum atomic E-state index is 12.4. The number of hydrogen-bond acceptors (Lipinski definition) is 4. The van der Waals surface area contributed by atoms with Crippen molar-refractivity contribution in [2.75, 3.05) is 17.7 Å². The fraction of sp³-hybridized carbons (Fsp3) is 0.182. The zero-order valence-corrected chi connectivity index (χ0v) is 15.7. The van der Waals surface area contributed by atoms with Crippen LogP contribution < -0.4 is 15.4 Å². The maximum Gasteiger partial charge on any atom is 0.257 e. The molecule has 0 bridgehead atoms. The lowest BCUT2D eigenvalue weighted by Gasteiger charge is -2.11. The summed E-state index contributed by atoms with van der Waals surface area (Å²) < 4.78 is 5.25. The number of pyridine rings is 1. The first-order chi connectivity index (χ1) is 13.1. The lowest BCUT2D eigenvalue weighted by atomic mass is 10.0. The number of benzene rings is 2. The number of anilines is 3. The Bertz CT molecular complexity index is 904. The van der Waals surface area contributed by atoms with Crippen molar-refractivity contribution in [2.24, 2.45) is 0 Å². The van der Waals surface area contributed by atoms with Gasteiger partial charge in [0.2, 0.25) is 0 Å². The Hall–Kier alpha value is -3.34. The summed E-state index contributed by atoms with van der Waals surface area (Å²) in [5.74, 6) is 1.56. The van der Waals surface area contributed by atoms with E-state index in [1.807, 2.05) is 24.3 Å². The van der Waals surface area contributed by atoms with Gasteiger partial charge in [-0.25, -0.2) is 4.98 Å². The molecular formula is C22H23N3O2. The minimum Gasteiger partial charge on any atom is -0.495 e. The fourth-order valence-corrected chi connectivity index (χ4v) is 2.64. The van der Waals surface area contributed by atoms with Crippen molar-refractivity contribution in [3.8, 4) is 5.75 Å². The van der Waals surface area contributed by atoms with Crippen LogP contribution in [0, 0.1) is 0 Å². The third-order valence-electron chi connectivity index (χ3n) is 4.23. The molecule has 1 aromatic heterocycles. The van der Waals surface area contributed by atoms with Crippen molar-refractivity contribution in [2.45, 2.75) is 19.8 Å². The highest BCUT2D eigenvalue weighted by Gasteiger charge is 2.10. The fourth-order valence-electron chi connectivity index (χ4n) is 2.64. The van der Waals surface area contributed by atoms with Crippen molar-refractivity contribution in [3.05, 3.63) is 78.0 Å². The first kappa shape index (κ1) is 18.5. The molecule has 0 saturated heterocycles. The Morgan fingerprint density at radius 1 is 1.00 bits per heavy atom. The molecule has 3 aromatic rings. The van der Waals surface area contributed by atoms with Crippen molar-refractivity contribution in [3.63, 3.8) is 0 Å². The molecule has 2 N–H and O–H groups in total. The minimum absolute atomic E-state index is 0.236. The van der Waals surface area contributed by atoms with Crippen LogP contribution in [-0.4, -0.2) is 18.0 Å². The normalized spacial score (nSPS) is 10.5. The summed E-state index contributed by atoms with van der Waals surface area (Å²) in [6.07, 6.45) is 1.55. The Labute approximate surface area is 159 Å². The van der Waals surface area contributed by atoms with Crippen LogP contribution in [0.5, 0.6) is 5.75 Å². The van der Waals surface area contributed by atoms with Gasteiger partial charge < -0.3 is 15.4 Å². The third kappa shape index (κ3) is 4.64. The molecule has 5 nitrogen and oxygen atoms in total. The summed E-state index contributed by atoms with van der Waals surface area (Å²) in [7, 11) is 1.57. The van der Waals surface area contributed by atoms with Crippen LogP contribution in [0.1, 0.15) is 35.7 Å². The van der Waals surface area contributed by atoms with Crippen LogP contribution in [0.25, 0.3) is 0 Å². The summed E-state index contributed by atoms with van der Waals surface area (Å²) in [5.41, 5.74) is 3.34. The average molecular weight is 361 g/mol. The second kappa shape index (κ2) is 8.36. The van der Waals surface area contributed by atoms with Gasteiger partial charge in [0.25, 0.3) is 5.91 Å². The third-order valence-corrected chi connectivity index (χ3v) is 4.23. The number of carbonyl (C=O) groups excluding carboxylic acids is 1. The highest BCUT2D eigenvalue weighted by Crippen LogP contribution is 2.24. The number of aromatic nitrogens is 1. The number of hydrogen-bond donors (Lipinski definition) is 2. The number of ether oxygens (including phenoxy) is 1. The molecule has 1 heterocycles. The molecule has 0 aliphatic heterocycles. The Kier molecular flexibility index (Phi) is 5.71. The number of carbonyl (C=O) groups is 1. The van der Waals surface area contributed by atoms with E-state index in [9.17, 15) is 4.79 Å². The minimum atomic E-state index is -0.236. The van der Waals surface area contributed by atoms with Crippen LogP contribution in [0.15, 0.2) is 66.9 Å². The molecule has 0 spiro atoms. The van der Waals surface area contributed by atoms with E-state index < -0.39 is 0 Å². The highest BCUT2D eigenvalue weighted by molar-refractivity contribution is 6.04. The average Bonchev–Trinajstić information content (AvgIpc) is 2.69.